The standard InChI is InChI=1S/C23H29ClN6O/c1-16-21(18(3)30(26-16)20-8-6-5-7-9-20)14-27-10-12-28(13-11-27)23(31)19(4)29-15-22(24)17(2)25-29/h5-9,15,19H,10-14H2,1-4H3. The molecule has 1 fully saturated rings. The molecular formula is C23H29ClN6O. The van der Waals surface area contributed by atoms with Crippen LogP contribution in [0.2, 0.25) is 5.02 Å². The van der Waals surface area contributed by atoms with Crippen molar-refractivity contribution in [2.24, 2.45) is 0 Å². The molecule has 2 aromatic heterocycles. The van der Waals surface area contributed by atoms with Gasteiger partial charge in [-0.1, -0.05) is 29.8 Å². The van der Waals surface area contributed by atoms with Crippen molar-refractivity contribution in [2.45, 2.75) is 40.3 Å². The highest BCUT2D eigenvalue weighted by Gasteiger charge is 2.27. The van der Waals surface area contributed by atoms with E-state index in [-0.39, 0.29) is 11.9 Å². The van der Waals surface area contributed by atoms with Crippen LogP contribution >= 0.6 is 11.6 Å². The van der Waals surface area contributed by atoms with Crippen molar-refractivity contribution in [1.82, 2.24) is 29.4 Å². The molecule has 3 heterocycles. The maximum atomic E-state index is 12.9. The number of aryl methyl sites for hydroxylation is 2. The number of carbonyl (C=O) groups is 1. The predicted molar refractivity (Wildman–Crippen MR) is 122 cm³/mol. The van der Waals surface area contributed by atoms with Crippen LogP contribution in [-0.4, -0.2) is 61.4 Å². The second-order valence-electron chi connectivity index (χ2n) is 8.22. The number of carbonyl (C=O) groups excluding carboxylic acids is 1. The molecule has 4 rings (SSSR count). The van der Waals surface area contributed by atoms with Crippen LogP contribution in [0.4, 0.5) is 0 Å². The molecule has 8 heteroatoms. The molecule has 0 radical (unpaired) electrons. The van der Waals surface area contributed by atoms with Gasteiger partial charge in [0.15, 0.2) is 0 Å². The lowest BCUT2D eigenvalue weighted by Crippen LogP contribution is -2.50. The van der Waals surface area contributed by atoms with Crippen molar-refractivity contribution in [3.05, 3.63) is 64.2 Å². The maximum Gasteiger partial charge on any atom is 0.247 e. The van der Waals surface area contributed by atoms with E-state index in [1.807, 2.05) is 41.6 Å². The molecule has 0 bridgehead atoms. The normalized spacial score (nSPS) is 16.0. The zero-order chi connectivity index (χ0) is 22.1. The number of nitrogens with zero attached hydrogens (tertiary/aromatic N) is 6. The van der Waals surface area contributed by atoms with Gasteiger partial charge in [-0.05, 0) is 39.8 Å². The van der Waals surface area contributed by atoms with Crippen LogP contribution < -0.4 is 0 Å². The van der Waals surface area contributed by atoms with E-state index in [1.54, 1.807) is 10.9 Å². The first kappa shape index (κ1) is 21.6. The molecule has 0 spiro atoms. The molecule has 1 unspecified atom stereocenters. The highest BCUT2D eigenvalue weighted by Crippen LogP contribution is 2.21. The van der Waals surface area contributed by atoms with Crippen LogP contribution in [0.3, 0.4) is 0 Å². The highest BCUT2D eigenvalue weighted by molar-refractivity contribution is 6.31. The average Bonchev–Trinajstić information content (AvgIpc) is 3.27. The fourth-order valence-electron chi connectivity index (χ4n) is 4.11. The predicted octanol–water partition coefficient (Wildman–Crippen LogP) is 3.55. The molecule has 1 saturated heterocycles. The van der Waals surface area contributed by atoms with Crippen molar-refractivity contribution in [3.8, 4) is 5.69 Å². The van der Waals surface area contributed by atoms with Crippen molar-refractivity contribution in [3.63, 3.8) is 0 Å². The Hall–Kier alpha value is -2.64. The number of hydrogen-bond donors (Lipinski definition) is 0. The minimum absolute atomic E-state index is 0.0862. The Morgan fingerprint density at radius 3 is 2.32 bits per heavy atom. The van der Waals surface area contributed by atoms with E-state index < -0.39 is 0 Å². The van der Waals surface area contributed by atoms with Gasteiger partial charge < -0.3 is 4.90 Å². The lowest BCUT2D eigenvalue weighted by atomic mass is 10.1. The summed E-state index contributed by atoms with van der Waals surface area (Å²) in [7, 11) is 0. The number of piperazine rings is 1. The molecule has 1 amide bonds. The molecule has 0 saturated carbocycles. The van der Waals surface area contributed by atoms with E-state index in [0.717, 1.165) is 36.7 Å². The first-order valence-electron chi connectivity index (χ1n) is 10.7. The average molecular weight is 441 g/mol. The maximum absolute atomic E-state index is 12.9. The van der Waals surface area contributed by atoms with Crippen LogP contribution in [0, 0.1) is 20.8 Å². The summed E-state index contributed by atoms with van der Waals surface area (Å²) >= 11 is 6.10. The largest absolute Gasteiger partial charge is 0.338 e. The second kappa shape index (κ2) is 8.85. The number of para-hydroxylation sites is 1. The minimum atomic E-state index is -0.355. The lowest BCUT2D eigenvalue weighted by molar-refractivity contribution is -0.136. The molecule has 0 N–H and O–H groups in total. The molecule has 1 aliphatic heterocycles. The van der Waals surface area contributed by atoms with E-state index in [9.17, 15) is 4.79 Å². The summed E-state index contributed by atoms with van der Waals surface area (Å²) in [5, 5.41) is 9.71. The topological polar surface area (TPSA) is 59.2 Å². The Morgan fingerprint density at radius 2 is 1.71 bits per heavy atom. The molecule has 3 aromatic rings. The van der Waals surface area contributed by atoms with Gasteiger partial charge in [-0.15, -0.1) is 0 Å². The van der Waals surface area contributed by atoms with Gasteiger partial charge >= 0.3 is 0 Å². The van der Waals surface area contributed by atoms with Gasteiger partial charge in [0, 0.05) is 50.2 Å². The Balaban J connectivity index is 1.38. The highest BCUT2D eigenvalue weighted by atomic mass is 35.5. The van der Waals surface area contributed by atoms with Crippen molar-refractivity contribution < 1.29 is 4.79 Å². The van der Waals surface area contributed by atoms with E-state index >= 15 is 0 Å². The third-order valence-corrected chi connectivity index (χ3v) is 6.49. The molecule has 164 valence electrons. The van der Waals surface area contributed by atoms with Crippen LogP contribution in [0.1, 0.15) is 35.6 Å². The van der Waals surface area contributed by atoms with Crippen LogP contribution in [-0.2, 0) is 11.3 Å². The summed E-state index contributed by atoms with van der Waals surface area (Å²) in [5.74, 6) is 0.0862. The second-order valence-corrected chi connectivity index (χ2v) is 8.62. The van der Waals surface area contributed by atoms with Crippen LogP contribution in [0.15, 0.2) is 36.5 Å². The summed E-state index contributed by atoms with van der Waals surface area (Å²) in [4.78, 5) is 17.3. The third kappa shape index (κ3) is 4.38. The molecule has 1 atom stereocenters. The zero-order valence-electron chi connectivity index (χ0n) is 18.5. The van der Waals surface area contributed by atoms with Crippen molar-refractivity contribution in [1.29, 1.82) is 0 Å². The Kier molecular flexibility index (Phi) is 6.16. The van der Waals surface area contributed by atoms with Crippen LogP contribution in [0.5, 0.6) is 0 Å². The number of aromatic nitrogens is 4. The Bertz CT molecular complexity index is 1050. The quantitative estimate of drug-likeness (QED) is 0.608. The Morgan fingerprint density at radius 1 is 1.03 bits per heavy atom. The van der Waals surface area contributed by atoms with Gasteiger partial charge in [0.2, 0.25) is 5.91 Å². The monoisotopic (exact) mass is 440 g/mol. The third-order valence-electron chi connectivity index (χ3n) is 6.12. The Labute approximate surface area is 188 Å². The summed E-state index contributed by atoms with van der Waals surface area (Å²) < 4.78 is 3.68. The van der Waals surface area contributed by atoms with Gasteiger partial charge in [-0.3, -0.25) is 14.4 Å². The summed E-state index contributed by atoms with van der Waals surface area (Å²) in [6, 6.07) is 9.86. The van der Waals surface area contributed by atoms with Gasteiger partial charge in [0.05, 0.1) is 22.1 Å². The van der Waals surface area contributed by atoms with Gasteiger partial charge in [0.1, 0.15) is 6.04 Å². The van der Waals surface area contributed by atoms with E-state index in [0.29, 0.717) is 18.1 Å². The minimum Gasteiger partial charge on any atom is -0.338 e. The van der Waals surface area contributed by atoms with Gasteiger partial charge in [0.25, 0.3) is 0 Å². The zero-order valence-corrected chi connectivity index (χ0v) is 19.3. The number of halogens is 1. The first-order valence-corrected chi connectivity index (χ1v) is 11.1. The smallest absolute Gasteiger partial charge is 0.247 e. The summed E-state index contributed by atoms with van der Waals surface area (Å²) in [6.45, 7) is 11.9. The fourth-order valence-corrected chi connectivity index (χ4v) is 4.25. The number of hydrogen-bond acceptors (Lipinski definition) is 4. The molecule has 1 aromatic carbocycles. The number of amides is 1. The lowest BCUT2D eigenvalue weighted by Gasteiger charge is -2.36. The summed E-state index contributed by atoms with van der Waals surface area (Å²) in [5.41, 5.74) is 5.31. The molecular weight excluding hydrogens is 412 g/mol. The fraction of sp³-hybridized carbons (Fsp3) is 0.435. The molecule has 31 heavy (non-hydrogen) atoms. The van der Waals surface area contributed by atoms with Gasteiger partial charge in [-0.25, -0.2) is 4.68 Å². The molecule has 0 aliphatic carbocycles. The van der Waals surface area contributed by atoms with Crippen LogP contribution in [0.25, 0.3) is 5.69 Å². The van der Waals surface area contributed by atoms with E-state index in [2.05, 4.69) is 36.0 Å². The van der Waals surface area contributed by atoms with Gasteiger partial charge in [-0.2, -0.15) is 10.2 Å². The number of benzene rings is 1. The summed E-state index contributed by atoms with van der Waals surface area (Å²) in [6.07, 6.45) is 1.73. The van der Waals surface area contributed by atoms with E-state index in [1.165, 1.54) is 11.3 Å². The number of rotatable bonds is 5. The molecule has 1 aliphatic rings. The van der Waals surface area contributed by atoms with Crippen molar-refractivity contribution >= 4 is 17.5 Å². The van der Waals surface area contributed by atoms with E-state index in [4.69, 9.17) is 16.7 Å². The molecule has 7 nitrogen and oxygen atoms in total. The first-order chi connectivity index (χ1) is 14.8. The SMILES string of the molecule is Cc1nn(C(C)C(=O)N2CCN(Cc3c(C)nn(-c4ccccc4)c3C)CC2)cc1Cl. The van der Waals surface area contributed by atoms with Crippen molar-refractivity contribution in [2.75, 3.05) is 26.2 Å².